The number of carbonyl (C=O) groups is 2. The molecule has 2 aromatic rings. The number of carbonyl (C=O) groups excluding carboxylic acids is 2. The molecule has 0 saturated carbocycles. The van der Waals surface area contributed by atoms with Crippen molar-refractivity contribution in [2.75, 3.05) is 11.6 Å². The smallest absolute Gasteiger partial charge is 0.261 e. The molecule has 24 heavy (non-hydrogen) atoms. The van der Waals surface area contributed by atoms with Crippen molar-refractivity contribution in [1.29, 1.82) is 0 Å². The van der Waals surface area contributed by atoms with E-state index in [0.717, 1.165) is 11.8 Å². The van der Waals surface area contributed by atoms with E-state index in [1.165, 1.54) is 30.4 Å². The van der Waals surface area contributed by atoms with Crippen LogP contribution in [-0.2, 0) is 14.6 Å². The van der Waals surface area contributed by atoms with Crippen molar-refractivity contribution in [1.82, 2.24) is 5.32 Å². The fourth-order valence-corrected chi connectivity index (χ4v) is 3.54. The van der Waals surface area contributed by atoms with Crippen LogP contribution in [0.2, 0.25) is 0 Å². The minimum Gasteiger partial charge on any atom is -0.345 e. The van der Waals surface area contributed by atoms with Crippen molar-refractivity contribution >= 4 is 38.0 Å². The molecule has 8 heteroatoms. The number of thiophene rings is 1. The third kappa shape index (κ3) is 4.65. The monoisotopic (exact) mass is 366 g/mol. The first-order chi connectivity index (χ1) is 11.2. The second kappa shape index (κ2) is 7.14. The van der Waals surface area contributed by atoms with Crippen molar-refractivity contribution in [3.63, 3.8) is 0 Å². The highest BCUT2D eigenvalue weighted by Gasteiger charge is 2.15. The summed E-state index contributed by atoms with van der Waals surface area (Å²) in [5.74, 6) is -0.445. The van der Waals surface area contributed by atoms with E-state index in [4.69, 9.17) is 0 Å². The van der Waals surface area contributed by atoms with Crippen LogP contribution in [0.4, 0.5) is 5.00 Å². The molecule has 0 aliphatic carbocycles. The average Bonchev–Trinajstić information content (AvgIpc) is 2.94. The average molecular weight is 366 g/mol. The predicted octanol–water partition coefficient (Wildman–Crippen LogP) is 2.60. The van der Waals surface area contributed by atoms with Crippen molar-refractivity contribution in [2.24, 2.45) is 0 Å². The first-order valence-electron chi connectivity index (χ1n) is 7.15. The Labute approximate surface area is 144 Å². The van der Waals surface area contributed by atoms with Gasteiger partial charge in [-0.05, 0) is 36.8 Å². The van der Waals surface area contributed by atoms with E-state index < -0.39 is 9.84 Å². The summed E-state index contributed by atoms with van der Waals surface area (Å²) >= 11 is 1.19. The van der Waals surface area contributed by atoms with Gasteiger partial charge in [0.25, 0.3) is 5.91 Å². The van der Waals surface area contributed by atoms with Crippen LogP contribution in [0.1, 0.15) is 35.1 Å². The molecule has 0 radical (unpaired) electrons. The fourth-order valence-electron chi connectivity index (χ4n) is 2.06. The van der Waals surface area contributed by atoms with Crippen molar-refractivity contribution in [3.05, 3.63) is 46.8 Å². The molecule has 0 fully saturated rings. The van der Waals surface area contributed by atoms with Gasteiger partial charge in [-0.1, -0.05) is 12.1 Å². The van der Waals surface area contributed by atoms with E-state index >= 15 is 0 Å². The Hall–Kier alpha value is -2.19. The molecular weight excluding hydrogens is 348 g/mol. The lowest BCUT2D eigenvalue weighted by molar-refractivity contribution is -0.114. The quantitative estimate of drug-likeness (QED) is 0.851. The van der Waals surface area contributed by atoms with Crippen molar-refractivity contribution in [2.45, 2.75) is 24.8 Å². The highest BCUT2D eigenvalue weighted by molar-refractivity contribution is 7.90. The van der Waals surface area contributed by atoms with E-state index in [0.29, 0.717) is 9.88 Å². The van der Waals surface area contributed by atoms with Crippen LogP contribution in [-0.4, -0.2) is 26.5 Å². The Morgan fingerprint density at radius 3 is 2.25 bits per heavy atom. The Morgan fingerprint density at radius 1 is 1.08 bits per heavy atom. The maximum atomic E-state index is 12.2. The highest BCUT2D eigenvalue weighted by Crippen LogP contribution is 2.23. The maximum Gasteiger partial charge on any atom is 0.261 e. The SMILES string of the molecule is CC(=O)Nc1ccc(C(=O)N[C@@H](C)c2ccc(S(C)(=O)=O)cc2)s1. The van der Waals surface area contributed by atoms with Gasteiger partial charge in [-0.15, -0.1) is 11.3 Å². The molecule has 2 rings (SSSR count). The number of rotatable bonds is 5. The third-order valence-corrected chi connectivity index (χ3v) is 5.41. The summed E-state index contributed by atoms with van der Waals surface area (Å²) in [5, 5.41) is 6.08. The van der Waals surface area contributed by atoms with Crippen molar-refractivity contribution < 1.29 is 18.0 Å². The third-order valence-electron chi connectivity index (χ3n) is 3.28. The molecule has 2 N–H and O–H groups in total. The minimum absolute atomic E-state index is 0.192. The summed E-state index contributed by atoms with van der Waals surface area (Å²) < 4.78 is 22.9. The summed E-state index contributed by atoms with van der Waals surface area (Å²) in [7, 11) is -3.24. The number of hydrogen-bond acceptors (Lipinski definition) is 5. The largest absolute Gasteiger partial charge is 0.345 e. The van der Waals surface area contributed by atoms with Crippen LogP contribution in [0.25, 0.3) is 0 Å². The lowest BCUT2D eigenvalue weighted by Crippen LogP contribution is -2.25. The molecule has 0 spiro atoms. The summed E-state index contributed by atoms with van der Waals surface area (Å²) in [6, 6.07) is 9.44. The molecule has 1 aromatic heterocycles. The van der Waals surface area contributed by atoms with Gasteiger partial charge < -0.3 is 10.6 Å². The van der Waals surface area contributed by atoms with E-state index in [9.17, 15) is 18.0 Å². The standard InChI is InChI=1S/C16H18N2O4S2/c1-10(12-4-6-13(7-5-12)24(3,21)22)17-16(20)14-8-9-15(23-14)18-11(2)19/h4-10H,1-3H3,(H,17,20)(H,18,19)/t10-/m0/s1. The Morgan fingerprint density at radius 2 is 1.71 bits per heavy atom. The van der Waals surface area contributed by atoms with E-state index in [1.54, 1.807) is 24.3 Å². The number of anilines is 1. The summed E-state index contributed by atoms with van der Waals surface area (Å²) in [6.07, 6.45) is 1.15. The van der Waals surface area contributed by atoms with Gasteiger partial charge in [0.05, 0.1) is 20.8 Å². The molecule has 0 saturated heterocycles. The number of sulfone groups is 1. The van der Waals surface area contributed by atoms with Gasteiger partial charge in [0.15, 0.2) is 9.84 Å². The molecule has 6 nitrogen and oxygen atoms in total. The molecule has 128 valence electrons. The second-order valence-corrected chi connectivity index (χ2v) is 8.48. The number of hydrogen-bond donors (Lipinski definition) is 2. The Bertz CT molecular complexity index is 854. The summed E-state index contributed by atoms with van der Waals surface area (Å²) in [4.78, 5) is 24.0. The van der Waals surface area contributed by atoms with Gasteiger partial charge in [0.2, 0.25) is 5.91 Å². The van der Waals surface area contributed by atoms with Gasteiger partial charge in [-0.25, -0.2) is 8.42 Å². The molecule has 0 aliphatic rings. The molecule has 1 heterocycles. The van der Waals surface area contributed by atoms with Gasteiger partial charge in [-0.3, -0.25) is 9.59 Å². The van der Waals surface area contributed by atoms with E-state index in [1.807, 2.05) is 6.92 Å². The first-order valence-corrected chi connectivity index (χ1v) is 9.86. The Balaban J connectivity index is 2.06. The van der Waals surface area contributed by atoms with Crippen LogP contribution in [0.5, 0.6) is 0 Å². The predicted molar refractivity (Wildman–Crippen MR) is 94.1 cm³/mol. The molecule has 1 aromatic carbocycles. The Kier molecular flexibility index (Phi) is 5.40. The topological polar surface area (TPSA) is 92.3 Å². The zero-order valence-electron chi connectivity index (χ0n) is 13.5. The summed E-state index contributed by atoms with van der Waals surface area (Å²) in [6.45, 7) is 3.22. The zero-order valence-corrected chi connectivity index (χ0v) is 15.1. The molecule has 2 amide bonds. The highest BCUT2D eigenvalue weighted by atomic mass is 32.2. The molecular formula is C16H18N2O4S2. The molecule has 0 bridgehead atoms. The number of amides is 2. The minimum atomic E-state index is -3.24. The first kappa shape index (κ1) is 18.2. The van der Waals surface area contributed by atoms with Crippen LogP contribution < -0.4 is 10.6 Å². The number of benzene rings is 1. The van der Waals surface area contributed by atoms with Crippen LogP contribution in [0.15, 0.2) is 41.3 Å². The molecule has 0 unspecified atom stereocenters. The normalized spacial score (nSPS) is 12.5. The van der Waals surface area contributed by atoms with Crippen LogP contribution >= 0.6 is 11.3 Å². The maximum absolute atomic E-state index is 12.2. The van der Waals surface area contributed by atoms with E-state index in [2.05, 4.69) is 10.6 Å². The van der Waals surface area contributed by atoms with Gasteiger partial charge in [-0.2, -0.15) is 0 Å². The number of nitrogens with one attached hydrogen (secondary N) is 2. The second-order valence-electron chi connectivity index (χ2n) is 5.38. The van der Waals surface area contributed by atoms with Crippen LogP contribution in [0.3, 0.4) is 0 Å². The van der Waals surface area contributed by atoms with Gasteiger partial charge in [0, 0.05) is 13.2 Å². The summed E-state index contributed by atoms with van der Waals surface area (Å²) in [5.41, 5.74) is 0.800. The van der Waals surface area contributed by atoms with Gasteiger partial charge >= 0.3 is 0 Å². The van der Waals surface area contributed by atoms with Crippen LogP contribution in [0, 0.1) is 0 Å². The molecule has 0 aliphatic heterocycles. The molecule has 1 atom stereocenters. The lowest BCUT2D eigenvalue weighted by Gasteiger charge is -2.14. The zero-order chi connectivity index (χ0) is 17.9. The fraction of sp³-hybridized carbons (Fsp3) is 0.250. The van der Waals surface area contributed by atoms with Crippen molar-refractivity contribution in [3.8, 4) is 0 Å². The lowest BCUT2D eigenvalue weighted by atomic mass is 10.1. The van der Waals surface area contributed by atoms with Gasteiger partial charge in [0.1, 0.15) is 0 Å². The van der Waals surface area contributed by atoms with E-state index in [-0.39, 0.29) is 22.8 Å².